The van der Waals surface area contributed by atoms with Crippen molar-refractivity contribution in [2.75, 3.05) is 0 Å². The lowest BCUT2D eigenvalue weighted by molar-refractivity contribution is 0.330. The quantitative estimate of drug-likeness (QED) is 0.307. The summed E-state index contributed by atoms with van der Waals surface area (Å²) in [6.45, 7) is 2.15. The summed E-state index contributed by atoms with van der Waals surface area (Å²) >= 11 is 1.83. The molecule has 0 amide bonds. The largest absolute Gasteiger partial charge is 0.303 e. The van der Waals surface area contributed by atoms with Crippen LogP contribution in [0.15, 0.2) is 71.9 Å². The number of fused-ring (bicyclic) bond motifs is 1. The van der Waals surface area contributed by atoms with Crippen LogP contribution in [0, 0.1) is 6.92 Å². The average molecular weight is 428 g/mol. The van der Waals surface area contributed by atoms with Crippen molar-refractivity contribution in [2.45, 2.75) is 62.4 Å². The summed E-state index contributed by atoms with van der Waals surface area (Å²) in [6, 6.07) is 24.5. The summed E-state index contributed by atoms with van der Waals surface area (Å²) in [7, 11) is 0. The molecule has 31 heavy (non-hydrogen) atoms. The van der Waals surface area contributed by atoms with E-state index in [0.29, 0.717) is 6.04 Å². The molecule has 4 heteroatoms. The van der Waals surface area contributed by atoms with Crippen LogP contribution in [0.3, 0.4) is 0 Å². The number of thioether (sulfide) groups is 1. The van der Waals surface area contributed by atoms with E-state index in [1.165, 1.54) is 59.6 Å². The average Bonchev–Trinajstić information content (AvgIpc) is 3.21. The number of hydrogen-bond donors (Lipinski definition) is 0. The molecule has 1 aromatic heterocycles. The van der Waals surface area contributed by atoms with Crippen molar-refractivity contribution in [3.8, 4) is 0 Å². The number of benzene rings is 3. The zero-order valence-corrected chi connectivity index (χ0v) is 18.9. The zero-order valence-electron chi connectivity index (χ0n) is 18.1. The second-order valence-electron chi connectivity index (χ2n) is 8.65. The minimum absolute atomic E-state index is 0.522. The lowest BCUT2D eigenvalue weighted by Gasteiger charge is -2.25. The Balaban J connectivity index is 1.46. The summed E-state index contributed by atoms with van der Waals surface area (Å²) in [6.07, 6.45) is 7.26. The molecule has 0 radical (unpaired) electrons. The van der Waals surface area contributed by atoms with E-state index in [1.807, 2.05) is 11.8 Å². The van der Waals surface area contributed by atoms with Gasteiger partial charge in [0.15, 0.2) is 5.16 Å². The Morgan fingerprint density at radius 3 is 2.58 bits per heavy atom. The fraction of sp³-hybridized carbons (Fsp3) is 0.333. The maximum Gasteiger partial charge on any atom is 0.191 e. The normalized spacial score (nSPS) is 14.9. The summed E-state index contributed by atoms with van der Waals surface area (Å²) in [4.78, 5) is 0. The van der Waals surface area contributed by atoms with Crippen molar-refractivity contribution < 1.29 is 0 Å². The van der Waals surface area contributed by atoms with Gasteiger partial charge in [-0.05, 0) is 41.7 Å². The molecule has 0 aliphatic heterocycles. The molecule has 0 spiro atoms. The van der Waals surface area contributed by atoms with Crippen molar-refractivity contribution in [1.82, 2.24) is 14.8 Å². The van der Waals surface area contributed by atoms with Crippen LogP contribution in [-0.2, 0) is 12.2 Å². The third-order valence-corrected chi connectivity index (χ3v) is 7.37. The van der Waals surface area contributed by atoms with Gasteiger partial charge in [-0.25, -0.2) is 0 Å². The molecular weight excluding hydrogens is 398 g/mol. The van der Waals surface area contributed by atoms with Crippen LogP contribution < -0.4 is 0 Å². The van der Waals surface area contributed by atoms with E-state index in [4.69, 9.17) is 5.10 Å². The van der Waals surface area contributed by atoms with E-state index in [-0.39, 0.29) is 0 Å². The topological polar surface area (TPSA) is 30.7 Å². The number of hydrogen-bond acceptors (Lipinski definition) is 3. The molecule has 3 aromatic carbocycles. The van der Waals surface area contributed by atoms with E-state index in [1.54, 1.807) is 0 Å². The van der Waals surface area contributed by atoms with Gasteiger partial charge in [0, 0.05) is 18.2 Å². The standard InChI is InChI=1S/C27H29N3S/c1-20-9-7-10-21(17-20)19-31-27-29-28-26(30(27)24-14-3-2-4-15-24)18-23-13-8-12-22-11-5-6-16-25(22)23/h5-13,16-17,24H,2-4,14-15,18-19H2,1H3. The molecular formula is C27H29N3S. The molecule has 0 bridgehead atoms. The van der Waals surface area contributed by atoms with Crippen LogP contribution in [0.2, 0.25) is 0 Å². The van der Waals surface area contributed by atoms with Crippen molar-refractivity contribution in [2.24, 2.45) is 0 Å². The zero-order chi connectivity index (χ0) is 21.0. The SMILES string of the molecule is Cc1cccc(CSc2nnc(Cc3cccc4ccccc34)n2C2CCCCC2)c1. The monoisotopic (exact) mass is 427 g/mol. The van der Waals surface area contributed by atoms with Gasteiger partial charge >= 0.3 is 0 Å². The molecule has 1 aliphatic rings. The Hall–Kier alpha value is -2.59. The van der Waals surface area contributed by atoms with E-state index in [2.05, 4.69) is 83.3 Å². The predicted molar refractivity (Wildman–Crippen MR) is 130 cm³/mol. The highest BCUT2D eigenvalue weighted by atomic mass is 32.2. The molecule has 3 nitrogen and oxygen atoms in total. The van der Waals surface area contributed by atoms with E-state index >= 15 is 0 Å². The molecule has 5 rings (SSSR count). The maximum absolute atomic E-state index is 4.72. The van der Waals surface area contributed by atoms with Crippen LogP contribution in [0.4, 0.5) is 0 Å². The van der Waals surface area contributed by atoms with Gasteiger partial charge < -0.3 is 4.57 Å². The van der Waals surface area contributed by atoms with Crippen LogP contribution in [-0.4, -0.2) is 14.8 Å². The minimum Gasteiger partial charge on any atom is -0.303 e. The summed E-state index contributed by atoms with van der Waals surface area (Å²) in [5.41, 5.74) is 3.99. The van der Waals surface area contributed by atoms with Crippen LogP contribution in [0.5, 0.6) is 0 Å². The Morgan fingerprint density at radius 2 is 1.71 bits per heavy atom. The Bertz CT molecular complexity index is 1170. The smallest absolute Gasteiger partial charge is 0.191 e. The Morgan fingerprint density at radius 1 is 0.903 bits per heavy atom. The van der Waals surface area contributed by atoms with E-state index in [0.717, 1.165) is 23.2 Å². The molecule has 1 heterocycles. The molecule has 4 aromatic rings. The first-order valence-electron chi connectivity index (χ1n) is 11.4. The minimum atomic E-state index is 0.522. The molecule has 0 atom stereocenters. The van der Waals surface area contributed by atoms with E-state index in [9.17, 15) is 0 Å². The summed E-state index contributed by atoms with van der Waals surface area (Å²) in [5.74, 6) is 2.04. The highest BCUT2D eigenvalue weighted by Gasteiger charge is 2.23. The number of rotatable bonds is 6. The van der Waals surface area contributed by atoms with Crippen LogP contribution >= 0.6 is 11.8 Å². The number of aryl methyl sites for hydroxylation is 1. The summed E-state index contributed by atoms with van der Waals surface area (Å²) < 4.78 is 2.47. The lowest BCUT2D eigenvalue weighted by atomic mass is 9.95. The second kappa shape index (κ2) is 9.27. The molecule has 0 saturated heterocycles. The number of nitrogens with zero attached hydrogens (tertiary/aromatic N) is 3. The van der Waals surface area contributed by atoms with Gasteiger partial charge in [-0.1, -0.05) is 103 Å². The fourth-order valence-electron chi connectivity index (χ4n) is 4.80. The molecule has 1 fully saturated rings. The van der Waals surface area contributed by atoms with Gasteiger partial charge in [0.25, 0.3) is 0 Å². The highest BCUT2D eigenvalue weighted by molar-refractivity contribution is 7.98. The third-order valence-electron chi connectivity index (χ3n) is 6.35. The van der Waals surface area contributed by atoms with Crippen molar-refractivity contribution >= 4 is 22.5 Å². The third kappa shape index (κ3) is 4.54. The first kappa shape index (κ1) is 20.3. The van der Waals surface area contributed by atoms with E-state index < -0.39 is 0 Å². The Labute approximate surface area is 188 Å². The first-order valence-corrected chi connectivity index (χ1v) is 12.4. The second-order valence-corrected chi connectivity index (χ2v) is 9.60. The predicted octanol–water partition coefficient (Wildman–Crippen LogP) is 7.13. The van der Waals surface area contributed by atoms with Gasteiger partial charge in [0.05, 0.1) is 0 Å². The lowest BCUT2D eigenvalue weighted by Crippen LogP contribution is -2.17. The van der Waals surface area contributed by atoms with Crippen LogP contribution in [0.1, 0.15) is 60.7 Å². The van der Waals surface area contributed by atoms with Gasteiger partial charge in [-0.3, -0.25) is 0 Å². The maximum atomic E-state index is 4.72. The van der Waals surface area contributed by atoms with Crippen LogP contribution in [0.25, 0.3) is 10.8 Å². The fourth-order valence-corrected chi connectivity index (χ4v) is 5.77. The van der Waals surface area contributed by atoms with Gasteiger partial charge in [-0.15, -0.1) is 10.2 Å². The van der Waals surface area contributed by atoms with Crippen molar-refractivity contribution in [1.29, 1.82) is 0 Å². The first-order chi connectivity index (χ1) is 15.3. The molecule has 1 saturated carbocycles. The highest BCUT2D eigenvalue weighted by Crippen LogP contribution is 2.34. The molecule has 0 N–H and O–H groups in total. The van der Waals surface area contributed by atoms with Gasteiger partial charge in [0.2, 0.25) is 0 Å². The Kier molecular flexibility index (Phi) is 6.08. The summed E-state index contributed by atoms with van der Waals surface area (Å²) in [5, 5.41) is 13.1. The van der Waals surface area contributed by atoms with Crippen molar-refractivity contribution in [3.05, 3.63) is 89.2 Å². The molecule has 158 valence electrons. The van der Waals surface area contributed by atoms with Gasteiger partial charge in [0.1, 0.15) is 5.82 Å². The number of aromatic nitrogens is 3. The van der Waals surface area contributed by atoms with Crippen molar-refractivity contribution in [3.63, 3.8) is 0 Å². The van der Waals surface area contributed by atoms with Gasteiger partial charge in [-0.2, -0.15) is 0 Å². The molecule has 1 aliphatic carbocycles. The molecule has 0 unspecified atom stereocenters.